The van der Waals surface area contributed by atoms with Crippen LogP contribution in [0.5, 0.6) is 0 Å². The third kappa shape index (κ3) is 2.75. The first kappa shape index (κ1) is 14.7. The Bertz CT molecular complexity index is 645. The van der Waals surface area contributed by atoms with Crippen LogP contribution in [0.15, 0.2) is 18.5 Å². The fourth-order valence-corrected chi connectivity index (χ4v) is 2.70. The monoisotopic (exact) mass is 309 g/mol. The van der Waals surface area contributed by atoms with Crippen LogP contribution in [-0.4, -0.2) is 31.1 Å². The van der Waals surface area contributed by atoms with Gasteiger partial charge in [0.05, 0.1) is 17.4 Å². The van der Waals surface area contributed by atoms with Crippen LogP contribution >= 0.6 is 0 Å². The van der Waals surface area contributed by atoms with E-state index in [1.165, 1.54) is 0 Å². The van der Waals surface area contributed by atoms with Gasteiger partial charge in [-0.25, -0.2) is 13.6 Å². The fourth-order valence-electron chi connectivity index (χ4n) is 1.97. The molecule has 0 saturated carbocycles. The molecule has 2 N–H and O–H groups in total. The first-order valence-corrected chi connectivity index (χ1v) is 7.05. The fraction of sp³-hybridized carbons (Fsp3) is 0.400. The molecule has 1 unspecified atom stereocenters. The number of sulfonamides is 1. The molecule has 20 heavy (non-hydrogen) atoms. The average molecular weight is 309 g/mol. The lowest BCUT2D eigenvalue weighted by molar-refractivity contribution is -0.137. The maximum Gasteiger partial charge on any atom is 0.418 e. The van der Waals surface area contributed by atoms with Crippen LogP contribution < -0.4 is 10.0 Å². The molecule has 2 heterocycles. The molecular formula is C10H10F3N3O3S. The molecule has 2 rings (SSSR count). The standard InChI is InChI=1S/C10H10F3N3O3S/c11-10(12,13)7-1-2-15-4-8(7)16-5-6(3-9(16)17)20(14,18)19/h1-2,4,6H,3,5H2,(H2,14,18,19). The molecule has 1 aliphatic rings. The van der Waals surface area contributed by atoms with E-state index >= 15 is 0 Å². The van der Waals surface area contributed by atoms with Crippen LogP contribution in [0.25, 0.3) is 0 Å². The third-order valence-corrected chi connectivity index (χ3v) is 4.20. The molecule has 0 bridgehead atoms. The Kier molecular flexibility index (Phi) is 3.46. The van der Waals surface area contributed by atoms with Gasteiger partial charge in [-0.15, -0.1) is 0 Å². The highest BCUT2D eigenvalue weighted by Gasteiger charge is 2.42. The van der Waals surface area contributed by atoms with Crippen molar-refractivity contribution in [2.45, 2.75) is 17.8 Å². The summed E-state index contributed by atoms with van der Waals surface area (Å²) in [6.07, 6.45) is -3.28. The number of carbonyl (C=O) groups is 1. The van der Waals surface area contributed by atoms with E-state index < -0.39 is 51.6 Å². The molecular weight excluding hydrogens is 299 g/mol. The molecule has 6 nitrogen and oxygen atoms in total. The summed E-state index contributed by atoms with van der Waals surface area (Å²) in [7, 11) is -3.99. The highest BCUT2D eigenvalue weighted by atomic mass is 32.2. The molecule has 10 heteroatoms. The number of nitrogens with two attached hydrogens (primary N) is 1. The van der Waals surface area contributed by atoms with Crippen molar-refractivity contribution in [1.29, 1.82) is 0 Å². The second-order valence-electron chi connectivity index (χ2n) is 4.31. The smallest absolute Gasteiger partial charge is 0.309 e. The number of rotatable bonds is 2. The summed E-state index contributed by atoms with van der Waals surface area (Å²) in [6, 6.07) is 0.729. The van der Waals surface area contributed by atoms with E-state index in [-0.39, 0.29) is 0 Å². The van der Waals surface area contributed by atoms with E-state index in [2.05, 4.69) is 4.98 Å². The number of amides is 1. The number of hydrogen-bond acceptors (Lipinski definition) is 4. The highest BCUT2D eigenvalue weighted by Crippen LogP contribution is 2.37. The maximum atomic E-state index is 12.9. The van der Waals surface area contributed by atoms with E-state index in [1.807, 2.05) is 0 Å². The zero-order chi connectivity index (χ0) is 15.1. The lowest BCUT2D eigenvalue weighted by Crippen LogP contribution is -2.33. The summed E-state index contributed by atoms with van der Waals surface area (Å²) in [4.78, 5) is 16.0. The molecule has 0 spiro atoms. The molecule has 1 atom stereocenters. The topological polar surface area (TPSA) is 93.4 Å². The van der Waals surface area contributed by atoms with Gasteiger partial charge in [-0.2, -0.15) is 13.2 Å². The maximum absolute atomic E-state index is 12.9. The van der Waals surface area contributed by atoms with E-state index in [4.69, 9.17) is 5.14 Å². The normalized spacial score (nSPS) is 20.5. The van der Waals surface area contributed by atoms with Gasteiger partial charge in [0.25, 0.3) is 0 Å². The average Bonchev–Trinajstić information content (AvgIpc) is 2.70. The molecule has 1 aromatic heterocycles. The zero-order valence-corrected chi connectivity index (χ0v) is 10.8. The minimum absolute atomic E-state index is 0.410. The van der Waals surface area contributed by atoms with Crippen molar-refractivity contribution in [1.82, 2.24) is 4.98 Å². The Labute approximate surface area is 112 Å². The minimum Gasteiger partial charge on any atom is -0.309 e. The SMILES string of the molecule is NS(=O)(=O)C1CC(=O)N(c2cnccc2C(F)(F)F)C1. The molecule has 1 fully saturated rings. The van der Waals surface area contributed by atoms with Gasteiger partial charge in [-0.05, 0) is 6.07 Å². The molecule has 1 aromatic rings. The Hall–Kier alpha value is -1.68. The van der Waals surface area contributed by atoms with Gasteiger partial charge < -0.3 is 4.90 Å². The first-order chi connectivity index (χ1) is 9.10. The summed E-state index contributed by atoms with van der Waals surface area (Å²) in [5.41, 5.74) is -1.51. The number of pyridine rings is 1. The molecule has 0 aliphatic carbocycles. The summed E-state index contributed by atoms with van der Waals surface area (Å²) >= 11 is 0. The molecule has 1 saturated heterocycles. The molecule has 110 valence electrons. The number of halogens is 3. The van der Waals surface area contributed by atoms with Crippen molar-refractivity contribution < 1.29 is 26.4 Å². The quantitative estimate of drug-likeness (QED) is 0.860. The molecule has 1 aliphatic heterocycles. The Balaban J connectivity index is 2.41. The van der Waals surface area contributed by atoms with Crippen molar-refractivity contribution in [3.8, 4) is 0 Å². The van der Waals surface area contributed by atoms with Crippen molar-refractivity contribution in [2.75, 3.05) is 11.4 Å². The number of alkyl halides is 3. The zero-order valence-electron chi connectivity index (χ0n) is 9.96. The number of nitrogens with zero attached hydrogens (tertiary/aromatic N) is 2. The van der Waals surface area contributed by atoms with Gasteiger partial charge in [0, 0.05) is 19.2 Å². The lowest BCUT2D eigenvalue weighted by Gasteiger charge is -2.20. The second-order valence-corrected chi connectivity index (χ2v) is 6.15. The van der Waals surface area contributed by atoms with E-state index in [1.54, 1.807) is 0 Å². The van der Waals surface area contributed by atoms with Crippen LogP contribution in [0.1, 0.15) is 12.0 Å². The van der Waals surface area contributed by atoms with Gasteiger partial charge in [-0.3, -0.25) is 9.78 Å². The van der Waals surface area contributed by atoms with E-state index in [9.17, 15) is 26.4 Å². The Morgan fingerprint density at radius 2 is 2.05 bits per heavy atom. The number of hydrogen-bond donors (Lipinski definition) is 1. The third-order valence-electron chi connectivity index (χ3n) is 2.95. The van der Waals surface area contributed by atoms with Gasteiger partial charge in [0.15, 0.2) is 0 Å². The second kappa shape index (κ2) is 4.70. The van der Waals surface area contributed by atoms with Gasteiger partial charge in [0.1, 0.15) is 5.25 Å². The predicted molar refractivity (Wildman–Crippen MR) is 63.1 cm³/mol. The molecule has 0 aromatic carbocycles. The first-order valence-electron chi connectivity index (χ1n) is 5.44. The van der Waals surface area contributed by atoms with Crippen molar-refractivity contribution in [3.05, 3.63) is 24.0 Å². The predicted octanol–water partition coefficient (Wildman–Crippen LogP) is 0.494. The van der Waals surface area contributed by atoms with Crippen molar-refractivity contribution in [2.24, 2.45) is 5.14 Å². The summed E-state index contributed by atoms with van der Waals surface area (Å²) in [6.45, 7) is -0.410. The lowest BCUT2D eigenvalue weighted by atomic mass is 10.2. The van der Waals surface area contributed by atoms with Crippen LogP contribution in [0.3, 0.4) is 0 Å². The van der Waals surface area contributed by atoms with Crippen LogP contribution in [0, 0.1) is 0 Å². The number of anilines is 1. The van der Waals surface area contributed by atoms with Crippen molar-refractivity contribution >= 4 is 21.6 Å². The largest absolute Gasteiger partial charge is 0.418 e. The van der Waals surface area contributed by atoms with Gasteiger partial charge in [-0.1, -0.05) is 0 Å². The highest BCUT2D eigenvalue weighted by molar-refractivity contribution is 7.89. The van der Waals surface area contributed by atoms with Crippen LogP contribution in [0.2, 0.25) is 0 Å². The van der Waals surface area contributed by atoms with Gasteiger partial charge in [0.2, 0.25) is 15.9 Å². The van der Waals surface area contributed by atoms with Crippen LogP contribution in [-0.2, 0) is 21.0 Å². The number of carbonyl (C=O) groups excluding carboxylic acids is 1. The number of aromatic nitrogens is 1. The van der Waals surface area contributed by atoms with Gasteiger partial charge >= 0.3 is 6.18 Å². The number of primary sulfonamides is 1. The molecule has 0 radical (unpaired) electrons. The molecule has 1 amide bonds. The van der Waals surface area contributed by atoms with E-state index in [0.29, 0.717) is 0 Å². The summed E-state index contributed by atoms with van der Waals surface area (Å²) < 4.78 is 61.0. The summed E-state index contributed by atoms with van der Waals surface area (Å²) in [5.74, 6) is -0.734. The van der Waals surface area contributed by atoms with Crippen molar-refractivity contribution in [3.63, 3.8) is 0 Å². The minimum atomic E-state index is -4.67. The Morgan fingerprint density at radius 1 is 1.40 bits per heavy atom. The van der Waals surface area contributed by atoms with Crippen LogP contribution in [0.4, 0.5) is 18.9 Å². The van der Waals surface area contributed by atoms with E-state index in [0.717, 1.165) is 23.4 Å². The Morgan fingerprint density at radius 3 is 2.55 bits per heavy atom. The summed E-state index contributed by atoms with van der Waals surface area (Å²) in [5, 5.41) is 3.71.